The third-order valence-corrected chi connectivity index (χ3v) is 4.67. The van der Waals surface area contributed by atoms with Gasteiger partial charge in [-0.2, -0.15) is 0 Å². The van der Waals surface area contributed by atoms with Gasteiger partial charge in [0.1, 0.15) is 9.98 Å². The lowest BCUT2D eigenvalue weighted by molar-refractivity contribution is 1.22. The molecule has 3 rings (SSSR count). The van der Waals surface area contributed by atoms with Crippen LogP contribution in [0.1, 0.15) is 16.0 Å². The van der Waals surface area contributed by atoms with Gasteiger partial charge >= 0.3 is 0 Å². The molecular formula is C15H14ClN3S. The van der Waals surface area contributed by atoms with E-state index in [9.17, 15) is 0 Å². The molecule has 1 aromatic carbocycles. The maximum atomic E-state index is 6.29. The van der Waals surface area contributed by atoms with Crippen molar-refractivity contribution in [2.45, 2.75) is 20.8 Å². The number of nitrogens with zero attached hydrogens (tertiary/aromatic N) is 2. The first-order valence-electron chi connectivity index (χ1n) is 6.31. The van der Waals surface area contributed by atoms with Gasteiger partial charge in [-0.3, -0.25) is 0 Å². The number of halogens is 1. The fourth-order valence-corrected chi connectivity index (χ4v) is 3.42. The number of benzene rings is 1. The summed E-state index contributed by atoms with van der Waals surface area (Å²) in [6, 6.07) is 8.09. The van der Waals surface area contributed by atoms with Crippen molar-refractivity contribution in [3.8, 4) is 0 Å². The van der Waals surface area contributed by atoms with Gasteiger partial charge in [0.2, 0.25) is 5.95 Å². The highest BCUT2D eigenvalue weighted by Crippen LogP contribution is 2.34. The molecule has 0 bridgehead atoms. The van der Waals surface area contributed by atoms with Crippen molar-refractivity contribution < 1.29 is 0 Å². The summed E-state index contributed by atoms with van der Waals surface area (Å²) in [7, 11) is 0. The molecule has 0 atom stereocenters. The Labute approximate surface area is 126 Å². The number of thiophene rings is 1. The molecule has 0 radical (unpaired) electrons. The van der Waals surface area contributed by atoms with Crippen molar-refractivity contribution in [1.29, 1.82) is 0 Å². The van der Waals surface area contributed by atoms with Crippen molar-refractivity contribution in [1.82, 2.24) is 9.97 Å². The van der Waals surface area contributed by atoms with E-state index in [-0.39, 0.29) is 0 Å². The standard InChI is InChI=1S/C15H14ClN3S/c1-8-4-6-11(7-5-8)17-15-18-13(16)12-9(2)10(3)20-14(12)19-15/h4-7H,1-3H3,(H,17,18,19). The predicted molar refractivity (Wildman–Crippen MR) is 86.4 cm³/mol. The SMILES string of the molecule is Cc1ccc(Nc2nc(Cl)c3c(C)c(C)sc3n2)cc1. The largest absolute Gasteiger partial charge is 0.324 e. The molecule has 2 heterocycles. The van der Waals surface area contributed by atoms with Crippen LogP contribution in [0.25, 0.3) is 10.2 Å². The van der Waals surface area contributed by atoms with Crippen LogP contribution in [0, 0.1) is 20.8 Å². The van der Waals surface area contributed by atoms with Crippen LogP contribution in [-0.4, -0.2) is 9.97 Å². The van der Waals surface area contributed by atoms with Crippen LogP contribution in [0.5, 0.6) is 0 Å². The molecule has 0 aliphatic rings. The van der Waals surface area contributed by atoms with Crippen LogP contribution in [0.3, 0.4) is 0 Å². The van der Waals surface area contributed by atoms with Crippen LogP contribution in [-0.2, 0) is 0 Å². The Morgan fingerprint density at radius 3 is 2.45 bits per heavy atom. The Balaban J connectivity index is 2.02. The highest BCUT2D eigenvalue weighted by atomic mass is 35.5. The lowest BCUT2D eigenvalue weighted by Crippen LogP contribution is -1.97. The quantitative estimate of drug-likeness (QED) is 0.676. The van der Waals surface area contributed by atoms with E-state index in [4.69, 9.17) is 11.6 Å². The van der Waals surface area contributed by atoms with Crippen LogP contribution >= 0.6 is 22.9 Å². The first-order chi connectivity index (χ1) is 9.54. The minimum absolute atomic E-state index is 0.506. The minimum atomic E-state index is 0.506. The fraction of sp³-hybridized carbons (Fsp3) is 0.200. The number of aromatic nitrogens is 2. The molecule has 0 saturated heterocycles. The van der Waals surface area contributed by atoms with E-state index < -0.39 is 0 Å². The van der Waals surface area contributed by atoms with E-state index in [0.717, 1.165) is 21.5 Å². The van der Waals surface area contributed by atoms with Gasteiger partial charge in [-0.15, -0.1) is 11.3 Å². The maximum absolute atomic E-state index is 6.29. The lowest BCUT2D eigenvalue weighted by Gasteiger charge is -2.06. The van der Waals surface area contributed by atoms with E-state index >= 15 is 0 Å². The van der Waals surface area contributed by atoms with Crippen molar-refractivity contribution in [3.05, 3.63) is 45.4 Å². The smallest absolute Gasteiger partial charge is 0.230 e. The molecule has 2 aromatic heterocycles. The second-order valence-corrected chi connectivity index (χ2v) is 6.35. The van der Waals surface area contributed by atoms with Crippen molar-refractivity contribution >= 4 is 44.8 Å². The first-order valence-corrected chi connectivity index (χ1v) is 7.51. The number of fused-ring (bicyclic) bond motifs is 1. The molecule has 0 fully saturated rings. The zero-order valence-corrected chi connectivity index (χ0v) is 13.1. The molecule has 20 heavy (non-hydrogen) atoms. The molecule has 3 aromatic rings. The maximum Gasteiger partial charge on any atom is 0.230 e. The molecule has 102 valence electrons. The normalized spacial score (nSPS) is 11.0. The van der Waals surface area contributed by atoms with Crippen molar-refractivity contribution in [2.75, 3.05) is 5.32 Å². The summed E-state index contributed by atoms with van der Waals surface area (Å²) >= 11 is 7.93. The van der Waals surface area contributed by atoms with Crippen molar-refractivity contribution in [3.63, 3.8) is 0 Å². The van der Waals surface area contributed by atoms with Gasteiger partial charge in [-0.25, -0.2) is 9.97 Å². The monoisotopic (exact) mass is 303 g/mol. The van der Waals surface area contributed by atoms with E-state index in [0.29, 0.717) is 11.1 Å². The van der Waals surface area contributed by atoms with Crippen LogP contribution in [0.2, 0.25) is 5.15 Å². The molecule has 0 spiro atoms. The average molecular weight is 304 g/mol. The second kappa shape index (κ2) is 5.04. The molecule has 0 amide bonds. The number of anilines is 2. The number of nitrogens with one attached hydrogen (secondary N) is 1. The fourth-order valence-electron chi connectivity index (χ4n) is 2.02. The molecule has 0 unspecified atom stereocenters. The Morgan fingerprint density at radius 2 is 1.75 bits per heavy atom. The summed E-state index contributed by atoms with van der Waals surface area (Å²) in [6.07, 6.45) is 0. The second-order valence-electron chi connectivity index (χ2n) is 4.79. The number of hydrogen-bond donors (Lipinski definition) is 1. The number of hydrogen-bond acceptors (Lipinski definition) is 4. The zero-order valence-electron chi connectivity index (χ0n) is 11.5. The molecule has 0 saturated carbocycles. The molecule has 5 heteroatoms. The first kappa shape index (κ1) is 13.3. The average Bonchev–Trinajstić information content (AvgIpc) is 2.68. The predicted octanol–water partition coefficient (Wildman–Crippen LogP) is 5.01. The van der Waals surface area contributed by atoms with Gasteiger partial charge < -0.3 is 5.32 Å². The van der Waals surface area contributed by atoms with Gasteiger partial charge in [0, 0.05) is 10.6 Å². The minimum Gasteiger partial charge on any atom is -0.324 e. The number of aryl methyl sites for hydroxylation is 3. The van der Waals surface area contributed by atoms with Gasteiger partial charge in [0.25, 0.3) is 0 Å². The van der Waals surface area contributed by atoms with Gasteiger partial charge in [0.15, 0.2) is 0 Å². The molecular weight excluding hydrogens is 290 g/mol. The van der Waals surface area contributed by atoms with E-state index in [1.807, 2.05) is 24.3 Å². The third-order valence-electron chi connectivity index (χ3n) is 3.29. The van der Waals surface area contributed by atoms with Gasteiger partial charge in [-0.05, 0) is 38.5 Å². The highest BCUT2D eigenvalue weighted by molar-refractivity contribution is 7.18. The van der Waals surface area contributed by atoms with E-state index in [1.165, 1.54) is 10.4 Å². The molecule has 3 nitrogen and oxygen atoms in total. The summed E-state index contributed by atoms with van der Waals surface area (Å²) in [5.41, 5.74) is 3.34. The van der Waals surface area contributed by atoms with Crippen molar-refractivity contribution in [2.24, 2.45) is 0 Å². The van der Waals surface area contributed by atoms with Gasteiger partial charge in [0.05, 0.1) is 5.39 Å². The highest BCUT2D eigenvalue weighted by Gasteiger charge is 2.13. The molecule has 0 aliphatic carbocycles. The van der Waals surface area contributed by atoms with Crippen LogP contribution in [0.4, 0.5) is 11.6 Å². The van der Waals surface area contributed by atoms with Crippen LogP contribution in [0.15, 0.2) is 24.3 Å². The Bertz CT molecular complexity index is 778. The zero-order chi connectivity index (χ0) is 14.3. The Hall–Kier alpha value is -1.65. The summed E-state index contributed by atoms with van der Waals surface area (Å²) < 4.78 is 0. The summed E-state index contributed by atoms with van der Waals surface area (Å²) in [5.74, 6) is 0.535. The van der Waals surface area contributed by atoms with Gasteiger partial charge in [-0.1, -0.05) is 29.3 Å². The molecule has 0 aliphatic heterocycles. The van der Waals surface area contributed by atoms with E-state index in [2.05, 4.69) is 36.1 Å². The topological polar surface area (TPSA) is 37.8 Å². The third kappa shape index (κ3) is 2.37. The number of rotatable bonds is 2. The van der Waals surface area contributed by atoms with E-state index in [1.54, 1.807) is 11.3 Å². The molecule has 1 N–H and O–H groups in total. The Kier molecular flexibility index (Phi) is 3.36. The lowest BCUT2D eigenvalue weighted by atomic mass is 10.2. The van der Waals surface area contributed by atoms with Crippen LogP contribution < -0.4 is 5.32 Å². The Morgan fingerprint density at radius 1 is 1.05 bits per heavy atom. The summed E-state index contributed by atoms with van der Waals surface area (Å²) in [5, 5.41) is 4.66. The summed E-state index contributed by atoms with van der Waals surface area (Å²) in [4.78, 5) is 11.0. The summed E-state index contributed by atoms with van der Waals surface area (Å²) in [6.45, 7) is 6.18.